The van der Waals surface area contributed by atoms with Crippen LogP contribution in [0, 0.1) is 36.3 Å². The Balaban J connectivity index is 1.50. The van der Waals surface area contributed by atoms with E-state index in [0.29, 0.717) is 27.6 Å². The molecule has 0 fully saturated rings. The molecule has 0 aliphatic heterocycles. The predicted molar refractivity (Wildman–Crippen MR) is 177 cm³/mol. The van der Waals surface area contributed by atoms with Gasteiger partial charge in [0.25, 0.3) is 5.92 Å². The van der Waals surface area contributed by atoms with Gasteiger partial charge in [-0.1, -0.05) is 19.8 Å². The fourth-order valence-electron chi connectivity index (χ4n) is 6.60. The van der Waals surface area contributed by atoms with Crippen LogP contribution in [-0.2, 0) is 29.9 Å². The maximum Gasteiger partial charge on any atom is 0.435 e. The smallest absolute Gasteiger partial charge is 0.378 e. The molecule has 3 N–H and O–H groups in total. The minimum atomic E-state index is -5.09. The molecule has 1 aliphatic rings. The van der Waals surface area contributed by atoms with Crippen LogP contribution in [0.1, 0.15) is 79.3 Å². The number of nitrogens with zero attached hydrogens (tertiary/aromatic N) is 5. The number of H-pyrrole nitrogens is 1. The number of amides is 1. The third-order valence-corrected chi connectivity index (χ3v) is 9.21. The van der Waals surface area contributed by atoms with E-state index in [1.54, 1.807) is 19.1 Å². The van der Waals surface area contributed by atoms with Crippen molar-refractivity contribution in [3.63, 3.8) is 0 Å². The van der Waals surface area contributed by atoms with Gasteiger partial charge in [0.1, 0.15) is 35.2 Å². The van der Waals surface area contributed by atoms with E-state index in [9.17, 15) is 36.6 Å². The van der Waals surface area contributed by atoms with Crippen molar-refractivity contribution in [3.05, 3.63) is 104 Å². The van der Waals surface area contributed by atoms with Crippen LogP contribution in [-0.4, -0.2) is 46.0 Å². The van der Waals surface area contributed by atoms with E-state index < -0.39 is 82.3 Å². The number of hydrogen-bond acceptors (Lipinski definition) is 6. The normalized spacial score (nSPS) is 17.4. The number of nitrogens with one attached hydrogen (secondary N) is 2. The Morgan fingerprint density at radius 1 is 1.08 bits per heavy atom. The van der Waals surface area contributed by atoms with Gasteiger partial charge in [-0.25, -0.2) is 28.1 Å². The summed E-state index contributed by atoms with van der Waals surface area (Å²) in [4.78, 5) is 31.1. The molecular weight excluding hydrogens is 711 g/mol. The lowest BCUT2D eigenvalue weighted by atomic mass is 9.94. The summed E-state index contributed by atoms with van der Waals surface area (Å²) in [6.07, 6.45) is -5.45. The van der Waals surface area contributed by atoms with Gasteiger partial charge in [-0.05, 0) is 81.0 Å². The number of fused-ring (bicyclic) bond motifs is 2. The van der Waals surface area contributed by atoms with Crippen molar-refractivity contribution in [1.29, 1.82) is 0 Å². The van der Waals surface area contributed by atoms with E-state index in [4.69, 9.17) is 0 Å². The number of carbonyl (C=O) groups is 1. The van der Waals surface area contributed by atoms with Gasteiger partial charge >= 0.3 is 11.9 Å². The second-order valence-corrected chi connectivity index (χ2v) is 13.6. The maximum absolute atomic E-state index is 15.5. The van der Waals surface area contributed by atoms with Crippen LogP contribution in [0.15, 0.2) is 47.3 Å². The molecule has 1 aromatic carbocycles. The standard InChI is InChI=1S/C36H32F7N7O3/c1-17-18(2)35(39,40)32-29(17)31(36(41,42)43)48-49(32)16-28(51)45-26(14-20-12-21(37)15-22(38)13-20)30-25(7-6-23(44-30)10-11-34(4,5)53)24-8-9-27-46-47-33(52)50(27)19(24)3/h6-9,12-13,15,17-18,26,53H,14,16H2,1-5H3,(H,45,51)(H,47,52)/t17-,18+,26-/m0/s1. The van der Waals surface area contributed by atoms with E-state index in [-0.39, 0.29) is 29.0 Å². The number of aryl methyl sites for hydroxylation is 1. The Labute approximate surface area is 297 Å². The minimum absolute atomic E-state index is 0.0267. The number of carbonyl (C=O) groups excluding carboxylic acids is 1. The zero-order valence-corrected chi connectivity index (χ0v) is 28.8. The number of rotatable bonds is 7. The maximum atomic E-state index is 15.5. The van der Waals surface area contributed by atoms with Crippen molar-refractivity contribution in [1.82, 2.24) is 34.7 Å². The summed E-state index contributed by atoms with van der Waals surface area (Å²) in [5, 5.41) is 22.6. The van der Waals surface area contributed by atoms with E-state index in [2.05, 4.69) is 37.4 Å². The van der Waals surface area contributed by atoms with Crippen molar-refractivity contribution in [2.45, 2.75) is 77.2 Å². The summed E-state index contributed by atoms with van der Waals surface area (Å²) >= 11 is 0. The Kier molecular flexibility index (Phi) is 9.26. The lowest BCUT2D eigenvalue weighted by molar-refractivity contribution is -0.143. The van der Waals surface area contributed by atoms with Crippen LogP contribution in [0.2, 0.25) is 0 Å². The van der Waals surface area contributed by atoms with E-state index >= 15 is 8.78 Å². The monoisotopic (exact) mass is 743 g/mol. The quantitative estimate of drug-likeness (QED) is 0.140. The first-order valence-electron chi connectivity index (χ1n) is 16.3. The first-order chi connectivity index (χ1) is 24.7. The number of benzene rings is 1. The molecule has 53 heavy (non-hydrogen) atoms. The molecule has 5 aromatic rings. The van der Waals surface area contributed by atoms with Crippen LogP contribution in [0.25, 0.3) is 16.8 Å². The molecule has 0 spiro atoms. The first kappa shape index (κ1) is 37.3. The fourth-order valence-corrected chi connectivity index (χ4v) is 6.60. The van der Waals surface area contributed by atoms with Crippen molar-refractivity contribution in [2.75, 3.05) is 0 Å². The second-order valence-electron chi connectivity index (χ2n) is 13.6. The zero-order valence-electron chi connectivity index (χ0n) is 28.8. The van der Waals surface area contributed by atoms with Crippen LogP contribution < -0.4 is 11.0 Å². The number of alkyl halides is 5. The highest BCUT2D eigenvalue weighted by atomic mass is 19.4. The summed E-state index contributed by atoms with van der Waals surface area (Å²) in [5.74, 6) is -4.13. The molecule has 0 saturated carbocycles. The molecule has 10 nitrogen and oxygen atoms in total. The van der Waals surface area contributed by atoms with Crippen molar-refractivity contribution >= 4 is 11.6 Å². The van der Waals surface area contributed by atoms with Gasteiger partial charge in [0.15, 0.2) is 11.3 Å². The van der Waals surface area contributed by atoms with E-state index in [1.807, 2.05) is 0 Å². The molecule has 4 aromatic heterocycles. The molecule has 0 radical (unpaired) electrons. The van der Waals surface area contributed by atoms with Gasteiger partial charge in [0, 0.05) is 34.4 Å². The van der Waals surface area contributed by atoms with Crippen molar-refractivity contribution in [2.24, 2.45) is 5.92 Å². The van der Waals surface area contributed by atoms with Crippen LogP contribution >= 0.6 is 0 Å². The van der Waals surface area contributed by atoms with Gasteiger partial charge in [-0.3, -0.25) is 9.48 Å². The number of hydrogen-bond donors (Lipinski definition) is 3. The molecular formula is C36H32F7N7O3. The van der Waals surface area contributed by atoms with Gasteiger partial charge in [-0.15, -0.1) is 0 Å². The molecule has 1 aliphatic carbocycles. The minimum Gasteiger partial charge on any atom is -0.378 e. The third kappa shape index (κ3) is 7.15. The van der Waals surface area contributed by atoms with Crippen LogP contribution in [0.5, 0.6) is 0 Å². The second kappa shape index (κ2) is 13.2. The molecule has 1 amide bonds. The first-order valence-corrected chi connectivity index (χ1v) is 16.3. The van der Waals surface area contributed by atoms with E-state index in [0.717, 1.165) is 19.1 Å². The largest absolute Gasteiger partial charge is 0.435 e. The molecule has 278 valence electrons. The van der Waals surface area contributed by atoms with Crippen molar-refractivity contribution in [3.8, 4) is 23.0 Å². The molecule has 17 heteroatoms. The van der Waals surface area contributed by atoms with Crippen LogP contribution in [0.4, 0.5) is 30.7 Å². The van der Waals surface area contributed by atoms with Gasteiger partial charge in [0.05, 0.1) is 11.7 Å². The molecule has 0 bridgehead atoms. The average Bonchev–Trinajstić information content (AvgIpc) is 3.68. The highest BCUT2D eigenvalue weighted by Gasteiger charge is 2.57. The number of pyridine rings is 2. The Morgan fingerprint density at radius 2 is 1.74 bits per heavy atom. The summed E-state index contributed by atoms with van der Waals surface area (Å²) in [7, 11) is 0. The Bertz CT molecular complexity index is 2360. The summed E-state index contributed by atoms with van der Waals surface area (Å²) < 4.78 is 104. The average molecular weight is 744 g/mol. The SMILES string of the molecule is Cc1c(-c2ccc(C#CC(C)(C)O)nc2[C@H](Cc2cc(F)cc(F)c2)NC(=O)Cn2nc(C(F)(F)F)c3c2C(F)(F)[C@H](C)[C@@H]3C)ccc2n[nH]c(=O)n12. The highest BCUT2D eigenvalue weighted by Crippen LogP contribution is 2.55. The predicted octanol–water partition coefficient (Wildman–Crippen LogP) is 5.95. The topological polar surface area (TPSA) is 130 Å². The summed E-state index contributed by atoms with van der Waals surface area (Å²) in [6.45, 7) is 5.74. The molecule has 3 atom stereocenters. The molecule has 6 rings (SSSR count). The Morgan fingerprint density at radius 3 is 2.38 bits per heavy atom. The lowest BCUT2D eigenvalue weighted by Gasteiger charge is -2.24. The number of aromatic nitrogens is 6. The summed E-state index contributed by atoms with van der Waals surface area (Å²) in [5.41, 5.74) is -3.78. The van der Waals surface area contributed by atoms with Gasteiger partial charge in [0.2, 0.25) is 5.91 Å². The third-order valence-electron chi connectivity index (χ3n) is 9.21. The van der Waals surface area contributed by atoms with Crippen LogP contribution in [0.3, 0.4) is 0 Å². The molecule has 0 saturated heterocycles. The number of aliphatic hydroxyl groups is 1. The fraction of sp³-hybridized carbons (Fsp3) is 0.361. The van der Waals surface area contributed by atoms with Crippen molar-refractivity contribution < 1.29 is 40.6 Å². The lowest BCUT2D eigenvalue weighted by Crippen LogP contribution is -2.35. The van der Waals surface area contributed by atoms with E-state index in [1.165, 1.54) is 37.3 Å². The Hall–Kier alpha value is -5.50. The van der Waals surface area contributed by atoms with Gasteiger partial charge < -0.3 is 10.4 Å². The molecule has 4 heterocycles. The summed E-state index contributed by atoms with van der Waals surface area (Å²) in [6, 6.07) is 7.50. The zero-order chi connectivity index (χ0) is 38.8. The molecule has 0 unspecified atom stereocenters. The number of aromatic amines is 1. The van der Waals surface area contributed by atoms with Gasteiger partial charge in [-0.2, -0.15) is 32.1 Å². The highest BCUT2D eigenvalue weighted by molar-refractivity contribution is 5.78. The number of halogens is 7.